The molecule has 0 aliphatic carbocycles. The third-order valence-corrected chi connectivity index (χ3v) is 5.93. The van der Waals surface area contributed by atoms with Gasteiger partial charge in [-0.05, 0) is 29.6 Å². The molecule has 170 valence electrons. The molecule has 0 saturated carbocycles. The van der Waals surface area contributed by atoms with Crippen LogP contribution in [0.15, 0.2) is 53.9 Å². The number of nitro groups is 1. The number of fused-ring (bicyclic) bond motifs is 1. The number of hydrogen-bond acceptors (Lipinski definition) is 8. The number of esters is 1. The Balaban J connectivity index is 1.53. The number of carbonyl (C=O) groups excluding carboxylic acids is 2. The first kappa shape index (κ1) is 22.6. The van der Waals surface area contributed by atoms with Gasteiger partial charge in [-0.2, -0.15) is 0 Å². The van der Waals surface area contributed by atoms with Gasteiger partial charge in [0, 0.05) is 28.8 Å². The number of amides is 1. The van der Waals surface area contributed by atoms with Crippen molar-refractivity contribution in [2.45, 2.75) is 6.54 Å². The van der Waals surface area contributed by atoms with E-state index in [-0.39, 0.29) is 22.8 Å². The van der Waals surface area contributed by atoms with Crippen LogP contribution in [0.5, 0.6) is 11.5 Å². The summed E-state index contributed by atoms with van der Waals surface area (Å²) in [6.45, 7) is 0.514. The van der Waals surface area contributed by atoms with Gasteiger partial charge in [0.1, 0.15) is 13.2 Å². The third kappa shape index (κ3) is 5.24. The normalized spacial score (nSPS) is 12.2. The average Bonchev–Trinajstić information content (AvgIpc) is 3.34. The number of ether oxygens (including phenoxy) is 3. The minimum absolute atomic E-state index is 0.0136. The number of benzene rings is 2. The lowest BCUT2D eigenvalue weighted by Gasteiger charge is -2.25. The second kappa shape index (κ2) is 9.88. The van der Waals surface area contributed by atoms with Crippen LogP contribution in [0, 0.1) is 10.1 Å². The molecular weight excluding hydrogens is 472 g/mol. The Bertz CT molecular complexity index is 1200. The van der Waals surface area contributed by atoms with E-state index in [9.17, 15) is 19.7 Å². The zero-order chi connectivity index (χ0) is 23.4. The highest BCUT2D eigenvalue weighted by Crippen LogP contribution is 2.35. The van der Waals surface area contributed by atoms with Gasteiger partial charge < -0.3 is 19.1 Å². The molecule has 0 N–H and O–H groups in total. The highest BCUT2D eigenvalue weighted by Gasteiger charge is 2.23. The number of nitrogens with zero attached hydrogens (tertiary/aromatic N) is 2. The number of thiophene rings is 1. The molecule has 2 aromatic carbocycles. The molecule has 9 nitrogen and oxygen atoms in total. The van der Waals surface area contributed by atoms with Gasteiger partial charge in [0.05, 0.1) is 22.1 Å². The zero-order valence-electron chi connectivity index (χ0n) is 17.1. The van der Waals surface area contributed by atoms with Crippen molar-refractivity contribution >= 4 is 46.2 Å². The maximum absolute atomic E-state index is 13.1. The molecule has 11 heteroatoms. The van der Waals surface area contributed by atoms with E-state index in [1.165, 1.54) is 28.4 Å². The van der Waals surface area contributed by atoms with E-state index >= 15 is 0 Å². The number of non-ortho nitro benzene ring substituents is 1. The van der Waals surface area contributed by atoms with Crippen LogP contribution < -0.4 is 14.4 Å². The van der Waals surface area contributed by atoms with E-state index in [2.05, 4.69) is 0 Å². The molecule has 2 heterocycles. The smallest absolute Gasteiger partial charge is 0.340 e. The molecule has 1 aliphatic rings. The van der Waals surface area contributed by atoms with Crippen LogP contribution in [-0.2, 0) is 16.1 Å². The number of halogens is 1. The largest absolute Gasteiger partial charge is 0.486 e. The lowest BCUT2D eigenvalue weighted by molar-refractivity contribution is -0.384. The van der Waals surface area contributed by atoms with Gasteiger partial charge >= 0.3 is 5.97 Å². The van der Waals surface area contributed by atoms with Crippen LogP contribution in [0.1, 0.15) is 15.2 Å². The van der Waals surface area contributed by atoms with Crippen LogP contribution in [0.2, 0.25) is 5.02 Å². The first-order chi connectivity index (χ1) is 15.9. The van der Waals surface area contributed by atoms with E-state index in [1.807, 2.05) is 17.5 Å². The molecule has 0 atom stereocenters. The second-order valence-electron chi connectivity index (χ2n) is 6.88. The van der Waals surface area contributed by atoms with E-state index in [4.69, 9.17) is 25.8 Å². The zero-order valence-corrected chi connectivity index (χ0v) is 18.6. The minimum Gasteiger partial charge on any atom is -0.486 e. The molecule has 0 radical (unpaired) electrons. The lowest BCUT2D eigenvalue weighted by atomic mass is 10.2. The summed E-state index contributed by atoms with van der Waals surface area (Å²) in [4.78, 5) is 38.3. The molecule has 1 aromatic heterocycles. The minimum atomic E-state index is -0.935. The number of hydrogen-bond donors (Lipinski definition) is 0. The Morgan fingerprint density at radius 1 is 1.12 bits per heavy atom. The Morgan fingerprint density at radius 3 is 2.64 bits per heavy atom. The SMILES string of the molecule is O=C(OCC(=O)N(Cc1cccs1)c1ccc2c(c1)OCCO2)c1cc([N+](=O)[O-])ccc1Cl. The van der Waals surface area contributed by atoms with Crippen molar-refractivity contribution in [3.05, 3.63) is 79.5 Å². The number of nitro benzene ring substituents is 1. The highest BCUT2D eigenvalue weighted by atomic mass is 35.5. The van der Waals surface area contributed by atoms with Gasteiger partial charge in [0.25, 0.3) is 11.6 Å². The maximum Gasteiger partial charge on any atom is 0.340 e. The fourth-order valence-electron chi connectivity index (χ4n) is 3.15. The van der Waals surface area contributed by atoms with E-state index in [0.717, 1.165) is 10.9 Å². The summed E-state index contributed by atoms with van der Waals surface area (Å²) in [7, 11) is 0. The van der Waals surface area contributed by atoms with Crippen molar-refractivity contribution in [3.8, 4) is 11.5 Å². The summed E-state index contributed by atoms with van der Waals surface area (Å²) in [5.41, 5.74) is 0.0400. The lowest BCUT2D eigenvalue weighted by Crippen LogP contribution is -2.34. The maximum atomic E-state index is 13.1. The van der Waals surface area contributed by atoms with Crippen molar-refractivity contribution < 1.29 is 28.7 Å². The summed E-state index contributed by atoms with van der Waals surface area (Å²) in [6.07, 6.45) is 0. The van der Waals surface area contributed by atoms with Gasteiger partial charge in [0.15, 0.2) is 18.1 Å². The highest BCUT2D eigenvalue weighted by molar-refractivity contribution is 7.09. The molecule has 0 fully saturated rings. The van der Waals surface area contributed by atoms with E-state index in [0.29, 0.717) is 30.4 Å². The van der Waals surface area contributed by atoms with Crippen molar-refractivity contribution in [2.75, 3.05) is 24.7 Å². The molecule has 3 aromatic rings. The first-order valence-corrected chi connectivity index (χ1v) is 11.0. The fraction of sp³-hybridized carbons (Fsp3) is 0.182. The predicted octanol–water partition coefficient (Wildman–Crippen LogP) is 4.47. The summed E-state index contributed by atoms with van der Waals surface area (Å²) in [5.74, 6) is -0.325. The predicted molar refractivity (Wildman–Crippen MR) is 121 cm³/mol. The quantitative estimate of drug-likeness (QED) is 0.274. The second-order valence-corrected chi connectivity index (χ2v) is 8.32. The summed E-state index contributed by atoms with van der Waals surface area (Å²) >= 11 is 7.47. The topological polar surface area (TPSA) is 108 Å². The van der Waals surface area contributed by atoms with E-state index in [1.54, 1.807) is 18.2 Å². The first-order valence-electron chi connectivity index (χ1n) is 9.76. The molecule has 0 spiro atoms. The number of carbonyl (C=O) groups is 2. The Kier molecular flexibility index (Phi) is 6.76. The van der Waals surface area contributed by atoms with Crippen LogP contribution >= 0.6 is 22.9 Å². The number of anilines is 1. The van der Waals surface area contributed by atoms with Crippen LogP contribution in [0.4, 0.5) is 11.4 Å². The van der Waals surface area contributed by atoms with Gasteiger partial charge in [0.2, 0.25) is 0 Å². The van der Waals surface area contributed by atoms with Crippen molar-refractivity contribution in [2.24, 2.45) is 0 Å². The van der Waals surface area contributed by atoms with Crippen LogP contribution in [0.3, 0.4) is 0 Å². The summed E-state index contributed by atoms with van der Waals surface area (Å²) in [6, 6.07) is 12.3. The molecule has 1 amide bonds. The Labute approximate surface area is 197 Å². The Hall–Kier alpha value is -3.63. The molecule has 1 aliphatic heterocycles. The van der Waals surface area contributed by atoms with Gasteiger partial charge in [-0.1, -0.05) is 17.7 Å². The summed E-state index contributed by atoms with van der Waals surface area (Å²) in [5, 5.41) is 12.9. The fourth-order valence-corrected chi connectivity index (χ4v) is 4.04. The van der Waals surface area contributed by atoms with Crippen LogP contribution in [-0.4, -0.2) is 36.6 Å². The summed E-state index contributed by atoms with van der Waals surface area (Å²) < 4.78 is 16.3. The average molecular weight is 489 g/mol. The molecular formula is C22H17ClN2O7S. The van der Waals surface area contributed by atoms with Crippen molar-refractivity contribution in [1.82, 2.24) is 0 Å². The van der Waals surface area contributed by atoms with Gasteiger partial charge in [-0.3, -0.25) is 14.9 Å². The molecule has 33 heavy (non-hydrogen) atoms. The van der Waals surface area contributed by atoms with Crippen molar-refractivity contribution in [1.29, 1.82) is 0 Å². The molecule has 0 saturated heterocycles. The molecule has 0 bridgehead atoms. The Morgan fingerprint density at radius 2 is 1.91 bits per heavy atom. The molecule has 0 unspecified atom stereocenters. The van der Waals surface area contributed by atoms with Crippen molar-refractivity contribution in [3.63, 3.8) is 0 Å². The van der Waals surface area contributed by atoms with Crippen LogP contribution in [0.25, 0.3) is 0 Å². The van der Waals surface area contributed by atoms with Gasteiger partial charge in [-0.25, -0.2) is 4.79 Å². The third-order valence-electron chi connectivity index (χ3n) is 4.74. The standard InChI is InChI=1S/C22H17ClN2O7S/c23-18-5-3-15(25(28)29)10-17(18)22(27)32-13-21(26)24(12-16-2-1-9-33-16)14-4-6-19-20(11-14)31-8-7-30-19/h1-6,9-11H,7-8,12-13H2. The van der Waals surface area contributed by atoms with E-state index < -0.39 is 23.4 Å². The monoisotopic (exact) mass is 488 g/mol. The number of rotatable bonds is 7. The van der Waals surface area contributed by atoms with Gasteiger partial charge in [-0.15, -0.1) is 11.3 Å². The molecule has 4 rings (SSSR count).